The number of pyridine rings is 1. The average Bonchev–Trinajstić information content (AvgIpc) is 3.68. The molecule has 5 nitrogen and oxygen atoms in total. The molecule has 4 aromatic carbocycles. The van der Waals surface area contributed by atoms with Gasteiger partial charge in [0.15, 0.2) is 0 Å². The smallest absolute Gasteiger partial charge is 0.216 e. The molecule has 0 bridgehead atoms. The van der Waals surface area contributed by atoms with Gasteiger partial charge in [0.1, 0.15) is 23.8 Å². The highest BCUT2D eigenvalue weighted by molar-refractivity contribution is 6.10. The molecule has 6 aromatic rings. The van der Waals surface area contributed by atoms with E-state index in [-0.39, 0.29) is 11.5 Å². The maximum absolute atomic E-state index is 6.88. The maximum atomic E-state index is 6.88. The topological polar surface area (TPSA) is 48.6 Å². The number of aryl methyl sites for hydroxylation is 1. The Bertz CT molecular complexity index is 2220. The van der Waals surface area contributed by atoms with Gasteiger partial charge >= 0.3 is 0 Å². The first kappa shape index (κ1) is 30.4. The third-order valence-corrected chi connectivity index (χ3v) is 10.6. The standard InChI is InChI=1S/C43H43N3O2/c1-25(2)39(26(3)4)36-24-47-42(45-36)30-20-29(28-13-9-8-10-14-28)21-31(22-30)48-38-23-37-35(19-27(38)5)43(6,7)34-17-11-15-32-33-16-12-18-44-41(33)46(37)40(32)34/h8-23,25-26,36,39H,24H2,1-7H3/t36-/m0/s1. The van der Waals surface area contributed by atoms with Gasteiger partial charge in [0, 0.05) is 34.0 Å². The summed E-state index contributed by atoms with van der Waals surface area (Å²) in [7, 11) is 0. The summed E-state index contributed by atoms with van der Waals surface area (Å²) in [5, 5.41) is 2.39. The summed E-state index contributed by atoms with van der Waals surface area (Å²) >= 11 is 0. The molecule has 1 atom stereocenters. The molecule has 242 valence electrons. The molecule has 0 radical (unpaired) electrons. The van der Waals surface area contributed by atoms with Crippen molar-refractivity contribution in [2.75, 3.05) is 6.61 Å². The molecule has 0 fully saturated rings. The molecule has 0 aliphatic carbocycles. The van der Waals surface area contributed by atoms with Crippen LogP contribution in [-0.4, -0.2) is 28.1 Å². The van der Waals surface area contributed by atoms with Crippen molar-refractivity contribution < 1.29 is 9.47 Å². The van der Waals surface area contributed by atoms with Crippen LogP contribution in [0.5, 0.6) is 11.5 Å². The molecular formula is C43H43N3O2. The molecule has 4 heterocycles. The van der Waals surface area contributed by atoms with Crippen LogP contribution in [0, 0.1) is 24.7 Å². The molecule has 8 rings (SSSR count). The van der Waals surface area contributed by atoms with E-state index in [1.165, 1.54) is 22.0 Å². The maximum Gasteiger partial charge on any atom is 0.216 e. The average molecular weight is 634 g/mol. The van der Waals surface area contributed by atoms with Crippen LogP contribution in [0.1, 0.15) is 63.8 Å². The Morgan fingerprint density at radius 1 is 0.792 bits per heavy atom. The van der Waals surface area contributed by atoms with Gasteiger partial charge in [-0.25, -0.2) is 9.98 Å². The number of fused-ring (bicyclic) bond motifs is 5. The normalized spacial score (nSPS) is 16.5. The summed E-state index contributed by atoms with van der Waals surface area (Å²) in [6.45, 7) is 16.6. The molecule has 2 aliphatic heterocycles. The van der Waals surface area contributed by atoms with Crippen molar-refractivity contribution in [1.82, 2.24) is 9.55 Å². The number of benzene rings is 4. The molecule has 0 unspecified atom stereocenters. The Balaban J connectivity index is 1.26. The van der Waals surface area contributed by atoms with E-state index < -0.39 is 0 Å². The zero-order valence-corrected chi connectivity index (χ0v) is 28.9. The highest BCUT2D eigenvalue weighted by Gasteiger charge is 2.36. The second-order valence-electron chi connectivity index (χ2n) is 14.8. The predicted molar refractivity (Wildman–Crippen MR) is 197 cm³/mol. The van der Waals surface area contributed by atoms with Crippen LogP contribution in [0.25, 0.3) is 38.8 Å². The summed E-state index contributed by atoms with van der Waals surface area (Å²) in [5.74, 6) is 3.76. The van der Waals surface area contributed by atoms with Crippen LogP contribution >= 0.6 is 0 Å². The Morgan fingerprint density at radius 2 is 1.54 bits per heavy atom. The summed E-state index contributed by atoms with van der Waals surface area (Å²) < 4.78 is 15.5. The third kappa shape index (κ3) is 4.82. The van der Waals surface area contributed by atoms with E-state index in [4.69, 9.17) is 19.5 Å². The number of aromatic nitrogens is 2. The highest BCUT2D eigenvalue weighted by atomic mass is 16.5. The number of hydrogen-bond donors (Lipinski definition) is 0. The van der Waals surface area contributed by atoms with E-state index >= 15 is 0 Å². The fourth-order valence-electron chi connectivity index (χ4n) is 8.36. The van der Waals surface area contributed by atoms with Gasteiger partial charge in [-0.1, -0.05) is 90.1 Å². The molecule has 2 aliphatic rings. The SMILES string of the molecule is Cc1cc2c(cc1Oc1cc(C3=N[C@H](C(C(C)C)C(C)C)CO3)cc(-c3ccccc3)c1)-n1c3ncccc3c3cccc(c31)C2(C)C. The van der Waals surface area contributed by atoms with Gasteiger partial charge in [-0.05, 0) is 88.9 Å². The van der Waals surface area contributed by atoms with Crippen molar-refractivity contribution in [1.29, 1.82) is 0 Å². The lowest BCUT2D eigenvalue weighted by atomic mass is 9.74. The molecule has 0 saturated heterocycles. The van der Waals surface area contributed by atoms with E-state index in [0.717, 1.165) is 50.5 Å². The second kappa shape index (κ2) is 11.4. The minimum Gasteiger partial charge on any atom is -0.475 e. The summed E-state index contributed by atoms with van der Waals surface area (Å²) in [5.41, 5.74) is 9.88. The number of hydrogen-bond acceptors (Lipinski definition) is 4. The number of para-hydroxylation sites is 1. The van der Waals surface area contributed by atoms with Crippen molar-refractivity contribution in [2.45, 2.75) is 59.9 Å². The van der Waals surface area contributed by atoms with Crippen molar-refractivity contribution in [2.24, 2.45) is 22.7 Å². The lowest BCUT2D eigenvalue weighted by Gasteiger charge is -2.35. The summed E-state index contributed by atoms with van der Waals surface area (Å²) in [6.07, 6.45) is 1.88. The van der Waals surface area contributed by atoms with Crippen molar-refractivity contribution in [3.8, 4) is 28.3 Å². The second-order valence-corrected chi connectivity index (χ2v) is 14.8. The lowest BCUT2D eigenvalue weighted by Crippen LogP contribution is -2.29. The van der Waals surface area contributed by atoms with Gasteiger partial charge < -0.3 is 9.47 Å². The summed E-state index contributed by atoms with van der Waals surface area (Å²) in [6, 6.07) is 32.3. The van der Waals surface area contributed by atoms with Crippen LogP contribution in [0.2, 0.25) is 0 Å². The molecule has 0 spiro atoms. The Morgan fingerprint density at radius 3 is 2.31 bits per heavy atom. The fourth-order valence-corrected chi connectivity index (χ4v) is 8.36. The molecule has 2 aromatic heterocycles. The molecular weight excluding hydrogens is 590 g/mol. The first-order chi connectivity index (χ1) is 23.1. The Labute approximate surface area is 283 Å². The Kier molecular flexibility index (Phi) is 7.21. The monoisotopic (exact) mass is 633 g/mol. The Hall–Kier alpha value is -4.90. The van der Waals surface area contributed by atoms with Gasteiger partial charge in [0.05, 0.1) is 17.2 Å². The molecule has 48 heavy (non-hydrogen) atoms. The first-order valence-corrected chi connectivity index (χ1v) is 17.2. The lowest BCUT2D eigenvalue weighted by molar-refractivity contribution is 0.198. The van der Waals surface area contributed by atoms with Crippen LogP contribution in [0.4, 0.5) is 0 Å². The largest absolute Gasteiger partial charge is 0.475 e. The quantitative estimate of drug-likeness (QED) is 0.176. The van der Waals surface area contributed by atoms with Gasteiger partial charge in [-0.2, -0.15) is 0 Å². The first-order valence-electron chi connectivity index (χ1n) is 17.2. The van der Waals surface area contributed by atoms with Crippen LogP contribution < -0.4 is 4.74 Å². The van der Waals surface area contributed by atoms with Gasteiger partial charge in [0.25, 0.3) is 0 Å². The van der Waals surface area contributed by atoms with Crippen LogP contribution in [0.3, 0.4) is 0 Å². The van der Waals surface area contributed by atoms with Crippen LogP contribution in [-0.2, 0) is 10.2 Å². The van der Waals surface area contributed by atoms with Gasteiger partial charge in [-0.3, -0.25) is 4.57 Å². The predicted octanol–water partition coefficient (Wildman–Crippen LogP) is 10.7. The van der Waals surface area contributed by atoms with E-state index in [0.29, 0.717) is 30.3 Å². The molecule has 0 N–H and O–H groups in total. The molecule has 5 heteroatoms. The third-order valence-electron chi connectivity index (χ3n) is 10.6. The molecule has 0 saturated carbocycles. The highest BCUT2D eigenvalue weighted by Crippen LogP contribution is 2.49. The number of aliphatic imine (C=N–C) groups is 1. The van der Waals surface area contributed by atoms with Crippen molar-refractivity contribution >= 4 is 27.8 Å². The zero-order chi connectivity index (χ0) is 33.3. The van der Waals surface area contributed by atoms with Crippen LogP contribution in [0.15, 0.2) is 102 Å². The zero-order valence-electron chi connectivity index (χ0n) is 28.9. The fraction of sp³-hybridized carbons (Fsp3) is 0.302. The number of ether oxygens (including phenoxy) is 2. The van der Waals surface area contributed by atoms with E-state index in [1.54, 1.807) is 0 Å². The molecule has 0 amide bonds. The van der Waals surface area contributed by atoms with Crippen molar-refractivity contribution in [3.63, 3.8) is 0 Å². The van der Waals surface area contributed by atoms with E-state index in [9.17, 15) is 0 Å². The number of rotatable bonds is 7. The number of nitrogens with zero attached hydrogens (tertiary/aromatic N) is 3. The minimum absolute atomic E-state index is 0.140. The summed E-state index contributed by atoms with van der Waals surface area (Å²) in [4.78, 5) is 10.1. The van der Waals surface area contributed by atoms with Gasteiger partial charge in [0.2, 0.25) is 5.90 Å². The minimum atomic E-state index is -0.193. The van der Waals surface area contributed by atoms with Crippen molar-refractivity contribution in [3.05, 3.63) is 119 Å². The van der Waals surface area contributed by atoms with E-state index in [2.05, 4.69) is 132 Å². The van der Waals surface area contributed by atoms with Gasteiger partial charge in [-0.15, -0.1) is 0 Å². The van der Waals surface area contributed by atoms with E-state index in [1.807, 2.05) is 18.3 Å².